The molecule has 0 aliphatic heterocycles. The van der Waals surface area contributed by atoms with Crippen molar-refractivity contribution in [1.29, 1.82) is 0 Å². The van der Waals surface area contributed by atoms with Crippen LogP contribution in [0.2, 0.25) is 0 Å². The van der Waals surface area contributed by atoms with Crippen molar-refractivity contribution < 1.29 is 0 Å². The number of hydrogen-bond acceptors (Lipinski definition) is 2. The van der Waals surface area contributed by atoms with E-state index >= 15 is 0 Å². The van der Waals surface area contributed by atoms with Crippen LogP contribution < -0.4 is 5.32 Å². The van der Waals surface area contributed by atoms with Gasteiger partial charge in [0.2, 0.25) is 0 Å². The first kappa shape index (κ1) is 14.0. The van der Waals surface area contributed by atoms with Gasteiger partial charge in [-0.1, -0.05) is 60.7 Å². The second-order valence-corrected chi connectivity index (χ2v) is 6.22. The van der Waals surface area contributed by atoms with Gasteiger partial charge in [0.1, 0.15) is 5.82 Å². The maximum absolute atomic E-state index is 4.55. The monoisotopic (exact) mass is 300 g/mol. The fourth-order valence-electron chi connectivity index (χ4n) is 3.33. The number of rotatable bonds is 4. The molecule has 0 unspecified atom stereocenters. The van der Waals surface area contributed by atoms with Crippen molar-refractivity contribution in [2.24, 2.45) is 0 Å². The van der Waals surface area contributed by atoms with Crippen LogP contribution in [0.1, 0.15) is 24.8 Å². The lowest BCUT2D eigenvalue weighted by Gasteiger charge is -2.43. The summed E-state index contributed by atoms with van der Waals surface area (Å²) in [6.45, 7) is 0. The molecule has 0 amide bonds. The largest absolute Gasteiger partial charge is 0.361 e. The molecule has 2 nitrogen and oxygen atoms in total. The smallest absolute Gasteiger partial charge is 0.127 e. The minimum atomic E-state index is 0.0452. The summed E-state index contributed by atoms with van der Waals surface area (Å²) in [4.78, 5) is 4.55. The molecule has 2 heteroatoms. The van der Waals surface area contributed by atoms with Crippen molar-refractivity contribution in [3.8, 4) is 11.1 Å². The van der Waals surface area contributed by atoms with Crippen molar-refractivity contribution in [3.05, 3.63) is 84.6 Å². The van der Waals surface area contributed by atoms with Gasteiger partial charge in [-0.2, -0.15) is 0 Å². The Bertz CT molecular complexity index is 777. The van der Waals surface area contributed by atoms with E-state index in [4.69, 9.17) is 0 Å². The Kier molecular flexibility index (Phi) is 3.58. The molecular formula is C21H20N2. The zero-order valence-corrected chi connectivity index (χ0v) is 13.1. The van der Waals surface area contributed by atoms with Crippen LogP contribution in [0.4, 0.5) is 5.82 Å². The van der Waals surface area contributed by atoms with Crippen LogP contribution in [0.15, 0.2) is 79.0 Å². The van der Waals surface area contributed by atoms with Crippen molar-refractivity contribution in [3.63, 3.8) is 0 Å². The first-order valence-electron chi connectivity index (χ1n) is 8.21. The van der Waals surface area contributed by atoms with Gasteiger partial charge in [-0.15, -0.1) is 0 Å². The first-order chi connectivity index (χ1) is 11.4. The van der Waals surface area contributed by atoms with Gasteiger partial charge in [0.05, 0.1) is 5.54 Å². The summed E-state index contributed by atoms with van der Waals surface area (Å²) in [5, 5.41) is 3.71. The van der Waals surface area contributed by atoms with Crippen LogP contribution in [-0.4, -0.2) is 4.98 Å². The maximum atomic E-state index is 4.55. The molecule has 0 atom stereocenters. The highest BCUT2D eigenvalue weighted by Crippen LogP contribution is 2.43. The third kappa shape index (κ3) is 2.72. The predicted molar refractivity (Wildman–Crippen MR) is 95.3 cm³/mol. The molecule has 0 bridgehead atoms. The molecule has 114 valence electrons. The number of hydrogen-bond donors (Lipinski definition) is 1. The second-order valence-electron chi connectivity index (χ2n) is 6.22. The second kappa shape index (κ2) is 5.88. The van der Waals surface area contributed by atoms with E-state index in [1.807, 2.05) is 12.3 Å². The molecule has 0 radical (unpaired) electrons. The molecule has 2 aromatic carbocycles. The molecular weight excluding hydrogens is 280 g/mol. The molecule has 1 saturated carbocycles. The van der Waals surface area contributed by atoms with Gasteiger partial charge in [-0.25, -0.2) is 4.98 Å². The minimum Gasteiger partial charge on any atom is -0.361 e. The third-order valence-corrected chi connectivity index (χ3v) is 4.77. The van der Waals surface area contributed by atoms with Crippen LogP contribution in [0.25, 0.3) is 11.1 Å². The Morgan fingerprint density at radius 3 is 2.13 bits per heavy atom. The summed E-state index contributed by atoms with van der Waals surface area (Å²) in [6.07, 6.45) is 5.48. The highest BCUT2D eigenvalue weighted by Gasteiger charge is 2.38. The summed E-state index contributed by atoms with van der Waals surface area (Å²) in [7, 11) is 0. The van der Waals surface area contributed by atoms with Crippen molar-refractivity contribution >= 4 is 5.82 Å². The van der Waals surface area contributed by atoms with Gasteiger partial charge in [0, 0.05) is 6.20 Å². The fraction of sp³-hybridized carbons (Fsp3) is 0.190. The standard InChI is InChI=1S/C21H20N2/c1-3-8-17(9-4-1)18-12-15-22-20(16-18)23-21(13-7-14-21)19-10-5-2-6-11-19/h1-6,8-12,15-16H,7,13-14H2,(H,22,23). The van der Waals surface area contributed by atoms with Crippen molar-refractivity contribution in [1.82, 2.24) is 4.98 Å². The van der Waals surface area contributed by atoms with Crippen LogP contribution in [-0.2, 0) is 5.54 Å². The third-order valence-electron chi connectivity index (χ3n) is 4.77. The number of pyridine rings is 1. The Morgan fingerprint density at radius 2 is 1.48 bits per heavy atom. The predicted octanol–water partition coefficient (Wildman–Crippen LogP) is 5.24. The maximum Gasteiger partial charge on any atom is 0.127 e. The summed E-state index contributed by atoms with van der Waals surface area (Å²) >= 11 is 0. The van der Waals surface area contributed by atoms with E-state index in [2.05, 4.69) is 77.0 Å². The van der Waals surface area contributed by atoms with Crippen molar-refractivity contribution in [2.45, 2.75) is 24.8 Å². The number of nitrogens with one attached hydrogen (secondary N) is 1. The Morgan fingerprint density at radius 1 is 0.783 bits per heavy atom. The lowest BCUT2D eigenvalue weighted by molar-refractivity contribution is 0.283. The highest BCUT2D eigenvalue weighted by atomic mass is 15.1. The lowest BCUT2D eigenvalue weighted by atomic mass is 9.72. The summed E-state index contributed by atoms with van der Waals surface area (Å²) < 4.78 is 0. The summed E-state index contributed by atoms with van der Waals surface area (Å²) in [5.41, 5.74) is 3.83. The quantitative estimate of drug-likeness (QED) is 0.712. The van der Waals surface area contributed by atoms with Gasteiger partial charge in [0.15, 0.2) is 0 Å². The van der Waals surface area contributed by atoms with Gasteiger partial charge in [-0.3, -0.25) is 0 Å². The molecule has 3 aromatic rings. The highest BCUT2D eigenvalue weighted by molar-refractivity contribution is 5.66. The Labute approximate surface area is 137 Å². The zero-order valence-electron chi connectivity index (χ0n) is 13.1. The van der Waals surface area contributed by atoms with Gasteiger partial charge < -0.3 is 5.32 Å². The number of anilines is 1. The number of aromatic nitrogens is 1. The normalized spacial score (nSPS) is 15.7. The van der Waals surface area contributed by atoms with E-state index in [1.165, 1.54) is 23.1 Å². The zero-order chi connectivity index (χ0) is 15.5. The molecule has 1 fully saturated rings. The van der Waals surface area contributed by atoms with E-state index in [0.717, 1.165) is 18.7 Å². The molecule has 0 saturated heterocycles. The lowest BCUT2D eigenvalue weighted by Crippen LogP contribution is -2.42. The van der Waals surface area contributed by atoms with E-state index in [0.29, 0.717) is 0 Å². The van der Waals surface area contributed by atoms with E-state index in [1.54, 1.807) is 0 Å². The van der Waals surface area contributed by atoms with E-state index in [-0.39, 0.29) is 5.54 Å². The van der Waals surface area contributed by atoms with Gasteiger partial charge in [0.25, 0.3) is 0 Å². The topological polar surface area (TPSA) is 24.9 Å². The average Bonchev–Trinajstić information content (AvgIpc) is 2.60. The average molecular weight is 300 g/mol. The molecule has 1 heterocycles. The molecule has 1 N–H and O–H groups in total. The van der Waals surface area contributed by atoms with E-state index < -0.39 is 0 Å². The SMILES string of the molecule is c1ccc(-c2ccnc(NC3(c4ccccc4)CCC3)c2)cc1. The van der Waals surface area contributed by atoms with Gasteiger partial charge in [-0.05, 0) is 48.1 Å². The van der Waals surface area contributed by atoms with E-state index in [9.17, 15) is 0 Å². The molecule has 1 aliphatic rings. The minimum absolute atomic E-state index is 0.0452. The fourth-order valence-corrected chi connectivity index (χ4v) is 3.33. The number of benzene rings is 2. The Balaban J connectivity index is 1.64. The molecule has 23 heavy (non-hydrogen) atoms. The molecule has 1 aromatic heterocycles. The number of nitrogens with zero attached hydrogens (tertiary/aromatic N) is 1. The first-order valence-corrected chi connectivity index (χ1v) is 8.21. The molecule has 4 rings (SSSR count). The summed E-state index contributed by atoms with van der Waals surface area (Å²) in [6, 6.07) is 25.4. The van der Waals surface area contributed by atoms with Crippen LogP contribution in [0.3, 0.4) is 0 Å². The molecule has 1 aliphatic carbocycles. The van der Waals surface area contributed by atoms with Gasteiger partial charge >= 0.3 is 0 Å². The van der Waals surface area contributed by atoms with Crippen LogP contribution in [0.5, 0.6) is 0 Å². The molecule has 0 spiro atoms. The van der Waals surface area contributed by atoms with Crippen LogP contribution >= 0.6 is 0 Å². The summed E-state index contributed by atoms with van der Waals surface area (Å²) in [5.74, 6) is 0.954. The van der Waals surface area contributed by atoms with Crippen LogP contribution in [0, 0.1) is 0 Å². The Hall–Kier alpha value is -2.61. The van der Waals surface area contributed by atoms with Crippen molar-refractivity contribution in [2.75, 3.05) is 5.32 Å².